The standard InChI is InChI=1S/C39H42N6/c1-26-34(3-2-4-37(26)45-16-15-31-21-30(28-9-10-28)11-12-32(31)24-45)38-35-22-36(42-39(35)41-25-40-38)29-7-5-27(6-8-29)23-43-17-19-44(20-18-43)33-13-14-33/h2-8,11-12,21-22,25,28,33H,9-10,13-20,23-24H2,1H3,(H,40,41,42). The summed E-state index contributed by atoms with van der Waals surface area (Å²) in [5, 5.41) is 1.07. The number of aromatic amines is 1. The molecule has 2 aromatic heterocycles. The van der Waals surface area contributed by atoms with Crippen molar-refractivity contribution in [3.8, 4) is 22.5 Å². The van der Waals surface area contributed by atoms with Crippen LogP contribution in [0, 0.1) is 6.92 Å². The van der Waals surface area contributed by atoms with Crippen LogP contribution < -0.4 is 4.90 Å². The topological polar surface area (TPSA) is 51.3 Å². The van der Waals surface area contributed by atoms with Gasteiger partial charge in [0.25, 0.3) is 0 Å². The molecule has 3 fully saturated rings. The molecule has 6 heteroatoms. The molecule has 0 spiro atoms. The number of H-pyrrole nitrogens is 1. The van der Waals surface area contributed by atoms with Gasteiger partial charge in [-0.25, -0.2) is 9.97 Å². The smallest absolute Gasteiger partial charge is 0.141 e. The molecule has 228 valence electrons. The lowest BCUT2D eigenvalue weighted by atomic mass is 9.94. The summed E-state index contributed by atoms with van der Waals surface area (Å²) >= 11 is 0. The normalized spacial score (nSPS) is 19.3. The van der Waals surface area contributed by atoms with Crippen molar-refractivity contribution < 1.29 is 0 Å². The van der Waals surface area contributed by atoms with Gasteiger partial charge in [-0.2, -0.15) is 0 Å². The molecular formula is C39H42N6. The summed E-state index contributed by atoms with van der Waals surface area (Å²) in [6.07, 6.45) is 8.34. The van der Waals surface area contributed by atoms with Crippen molar-refractivity contribution >= 4 is 16.7 Å². The van der Waals surface area contributed by atoms with Gasteiger partial charge >= 0.3 is 0 Å². The first kappa shape index (κ1) is 27.3. The van der Waals surface area contributed by atoms with Crippen molar-refractivity contribution in [2.24, 2.45) is 0 Å². The molecule has 0 bridgehead atoms. The van der Waals surface area contributed by atoms with Crippen LogP contribution in [0.5, 0.6) is 0 Å². The van der Waals surface area contributed by atoms with Crippen molar-refractivity contribution in [1.82, 2.24) is 24.8 Å². The molecule has 3 aromatic carbocycles. The zero-order chi connectivity index (χ0) is 29.9. The number of hydrogen-bond donors (Lipinski definition) is 1. The lowest BCUT2D eigenvalue weighted by Gasteiger charge is -2.34. The second-order valence-corrected chi connectivity index (χ2v) is 13.8. The average molecular weight is 595 g/mol. The van der Waals surface area contributed by atoms with Gasteiger partial charge in [-0.05, 0) is 90.5 Å². The van der Waals surface area contributed by atoms with E-state index in [0.717, 1.165) is 60.4 Å². The molecule has 2 aliphatic carbocycles. The van der Waals surface area contributed by atoms with E-state index in [2.05, 4.69) is 98.3 Å². The molecule has 0 amide bonds. The van der Waals surface area contributed by atoms with Crippen LogP contribution in [-0.4, -0.2) is 63.5 Å². The van der Waals surface area contributed by atoms with E-state index in [1.54, 1.807) is 17.5 Å². The van der Waals surface area contributed by atoms with Crippen LogP contribution in [-0.2, 0) is 19.5 Å². The van der Waals surface area contributed by atoms with Gasteiger partial charge in [0.2, 0.25) is 0 Å². The number of piperazine rings is 1. The molecule has 2 aliphatic heterocycles. The van der Waals surface area contributed by atoms with Crippen LogP contribution in [0.1, 0.15) is 59.4 Å². The molecule has 0 unspecified atom stereocenters. The molecular weight excluding hydrogens is 552 g/mol. The molecule has 1 N–H and O–H groups in total. The van der Waals surface area contributed by atoms with E-state index >= 15 is 0 Å². The van der Waals surface area contributed by atoms with Gasteiger partial charge in [-0.1, -0.05) is 54.6 Å². The van der Waals surface area contributed by atoms with Gasteiger partial charge in [-0.3, -0.25) is 9.80 Å². The summed E-state index contributed by atoms with van der Waals surface area (Å²) in [7, 11) is 0. The van der Waals surface area contributed by atoms with Crippen LogP contribution in [0.15, 0.2) is 73.1 Å². The largest absolute Gasteiger partial charge is 0.367 e. The van der Waals surface area contributed by atoms with Gasteiger partial charge in [0.1, 0.15) is 12.0 Å². The number of hydrogen-bond acceptors (Lipinski definition) is 5. The first-order valence-electron chi connectivity index (χ1n) is 17.0. The SMILES string of the molecule is Cc1c(-c2ncnc3[nH]c(-c4ccc(CN5CCN(C6CC6)CC5)cc4)cc23)cccc1N1CCc2cc(C3CC3)ccc2C1. The van der Waals surface area contributed by atoms with Crippen LogP contribution in [0.4, 0.5) is 5.69 Å². The Bertz CT molecular complexity index is 1860. The second-order valence-electron chi connectivity index (χ2n) is 13.8. The summed E-state index contributed by atoms with van der Waals surface area (Å²) in [5.41, 5.74) is 13.9. The molecule has 4 aliphatic rings. The minimum absolute atomic E-state index is 0.813. The Morgan fingerprint density at radius 3 is 2.47 bits per heavy atom. The summed E-state index contributed by atoms with van der Waals surface area (Å²) in [6.45, 7) is 10.1. The van der Waals surface area contributed by atoms with Gasteiger partial charge < -0.3 is 9.88 Å². The highest BCUT2D eigenvalue weighted by Gasteiger charge is 2.31. The molecule has 2 saturated carbocycles. The Kier molecular flexibility index (Phi) is 6.75. The minimum Gasteiger partial charge on any atom is -0.367 e. The van der Waals surface area contributed by atoms with Crippen molar-refractivity contribution in [1.29, 1.82) is 0 Å². The number of aromatic nitrogens is 3. The van der Waals surface area contributed by atoms with Crippen molar-refractivity contribution in [3.63, 3.8) is 0 Å². The second kappa shape index (κ2) is 11.1. The van der Waals surface area contributed by atoms with Crippen molar-refractivity contribution in [3.05, 3.63) is 101 Å². The van der Waals surface area contributed by atoms with Gasteiger partial charge in [0.15, 0.2) is 0 Å². The van der Waals surface area contributed by atoms with E-state index in [4.69, 9.17) is 4.98 Å². The molecule has 6 nitrogen and oxygen atoms in total. The molecule has 9 rings (SSSR count). The van der Waals surface area contributed by atoms with Crippen LogP contribution in [0.2, 0.25) is 0 Å². The average Bonchev–Trinajstić information content (AvgIpc) is 4.02. The van der Waals surface area contributed by atoms with E-state index in [-0.39, 0.29) is 0 Å². The highest BCUT2D eigenvalue weighted by Crippen LogP contribution is 2.42. The van der Waals surface area contributed by atoms with Crippen LogP contribution in [0.25, 0.3) is 33.5 Å². The molecule has 1 saturated heterocycles. The third-order valence-corrected chi connectivity index (χ3v) is 10.8. The Morgan fingerprint density at radius 1 is 0.822 bits per heavy atom. The number of fused-ring (bicyclic) bond motifs is 2. The van der Waals surface area contributed by atoms with E-state index in [0.29, 0.717) is 0 Å². The molecule has 0 radical (unpaired) electrons. The number of anilines is 1. The zero-order valence-electron chi connectivity index (χ0n) is 26.3. The van der Waals surface area contributed by atoms with Gasteiger partial charge in [0.05, 0.1) is 5.69 Å². The van der Waals surface area contributed by atoms with Crippen molar-refractivity contribution in [2.45, 2.75) is 64.1 Å². The van der Waals surface area contributed by atoms with E-state index < -0.39 is 0 Å². The Morgan fingerprint density at radius 2 is 1.67 bits per heavy atom. The van der Waals surface area contributed by atoms with Crippen LogP contribution >= 0.6 is 0 Å². The third kappa shape index (κ3) is 5.34. The monoisotopic (exact) mass is 594 g/mol. The van der Waals surface area contributed by atoms with E-state index in [1.807, 2.05) is 0 Å². The first-order chi connectivity index (χ1) is 22.2. The fourth-order valence-electron chi connectivity index (χ4n) is 7.76. The van der Waals surface area contributed by atoms with E-state index in [9.17, 15) is 0 Å². The maximum atomic E-state index is 4.84. The van der Waals surface area contributed by atoms with Crippen LogP contribution in [0.3, 0.4) is 0 Å². The van der Waals surface area contributed by atoms with Gasteiger partial charge in [0, 0.05) is 74.2 Å². The van der Waals surface area contributed by atoms with E-state index in [1.165, 1.54) is 85.4 Å². The number of rotatable bonds is 7. The molecule has 45 heavy (non-hydrogen) atoms. The fraction of sp³-hybridized carbons (Fsp3) is 0.385. The predicted octanol–water partition coefficient (Wildman–Crippen LogP) is 7.32. The summed E-state index contributed by atoms with van der Waals surface area (Å²) in [6, 6.07) is 26.1. The predicted molar refractivity (Wildman–Crippen MR) is 183 cm³/mol. The minimum atomic E-state index is 0.813. The highest BCUT2D eigenvalue weighted by molar-refractivity contribution is 5.95. The zero-order valence-corrected chi connectivity index (χ0v) is 26.3. The quantitative estimate of drug-likeness (QED) is 0.214. The number of benzene rings is 3. The summed E-state index contributed by atoms with van der Waals surface area (Å²) in [4.78, 5) is 20.9. The first-order valence-corrected chi connectivity index (χ1v) is 17.0. The lowest BCUT2D eigenvalue weighted by molar-refractivity contribution is 0.121. The molecule has 4 heterocycles. The Balaban J connectivity index is 0.946. The maximum Gasteiger partial charge on any atom is 0.141 e. The molecule has 0 atom stereocenters. The van der Waals surface area contributed by atoms with Gasteiger partial charge in [-0.15, -0.1) is 0 Å². The maximum absolute atomic E-state index is 4.84. The third-order valence-electron chi connectivity index (χ3n) is 10.8. The number of nitrogens with zero attached hydrogens (tertiary/aromatic N) is 5. The number of nitrogens with one attached hydrogen (secondary N) is 1. The Labute approximate surface area is 266 Å². The summed E-state index contributed by atoms with van der Waals surface area (Å²) < 4.78 is 0. The summed E-state index contributed by atoms with van der Waals surface area (Å²) in [5.74, 6) is 0.813. The molecule has 5 aromatic rings. The lowest BCUT2D eigenvalue weighted by Crippen LogP contribution is -2.46. The fourth-order valence-corrected chi connectivity index (χ4v) is 7.76. The Hall–Kier alpha value is -4.00. The highest BCUT2D eigenvalue weighted by atomic mass is 15.3. The van der Waals surface area contributed by atoms with Crippen molar-refractivity contribution in [2.75, 3.05) is 37.6 Å².